The summed E-state index contributed by atoms with van der Waals surface area (Å²) in [5.74, 6) is 0.522. The Morgan fingerprint density at radius 1 is 0.778 bits per heavy atom. The maximum atomic E-state index is 11.7. The average molecular weight is 383 g/mol. The van der Waals surface area contributed by atoms with E-state index in [9.17, 15) is 4.79 Å². The molecule has 1 saturated heterocycles. The topological polar surface area (TPSA) is 38.8 Å². The van der Waals surface area contributed by atoms with Gasteiger partial charge in [-0.2, -0.15) is 0 Å². The lowest BCUT2D eigenvalue weighted by molar-refractivity contribution is -0.145. The quantitative estimate of drug-likeness (QED) is 0.134. The van der Waals surface area contributed by atoms with Crippen molar-refractivity contribution in [3.63, 3.8) is 0 Å². The Morgan fingerprint density at radius 3 is 1.85 bits per heavy atom. The van der Waals surface area contributed by atoms with Crippen LogP contribution in [0.4, 0.5) is 0 Å². The fourth-order valence-corrected chi connectivity index (χ4v) is 3.77. The Bertz CT molecular complexity index is 352. The van der Waals surface area contributed by atoms with Gasteiger partial charge in [0.05, 0.1) is 18.8 Å². The molecule has 27 heavy (non-hydrogen) atoms. The molecular weight excluding hydrogens is 336 g/mol. The van der Waals surface area contributed by atoms with Crippen molar-refractivity contribution in [2.24, 2.45) is 5.92 Å². The van der Waals surface area contributed by atoms with Gasteiger partial charge in [-0.25, -0.2) is 0 Å². The van der Waals surface area contributed by atoms with E-state index in [0.717, 1.165) is 25.7 Å². The van der Waals surface area contributed by atoms with Crippen LogP contribution in [0, 0.1) is 5.92 Å². The van der Waals surface area contributed by atoms with Crippen LogP contribution in [-0.2, 0) is 14.3 Å². The number of hydrogen-bond acceptors (Lipinski definition) is 3. The highest BCUT2D eigenvalue weighted by molar-refractivity contribution is 5.69. The van der Waals surface area contributed by atoms with E-state index in [2.05, 4.69) is 20.8 Å². The molecule has 3 heteroatoms. The van der Waals surface area contributed by atoms with E-state index in [4.69, 9.17) is 9.47 Å². The Hall–Kier alpha value is -0.570. The zero-order valence-electron chi connectivity index (χ0n) is 18.5. The van der Waals surface area contributed by atoms with Crippen molar-refractivity contribution in [3.8, 4) is 0 Å². The smallest absolute Gasteiger partial charge is 0.305 e. The molecule has 1 fully saturated rings. The maximum Gasteiger partial charge on any atom is 0.305 e. The second kappa shape index (κ2) is 16.4. The van der Waals surface area contributed by atoms with Gasteiger partial charge in [0.2, 0.25) is 0 Å². The van der Waals surface area contributed by atoms with Crippen molar-refractivity contribution < 1.29 is 14.3 Å². The monoisotopic (exact) mass is 382 g/mol. The van der Waals surface area contributed by atoms with Crippen LogP contribution >= 0.6 is 0 Å². The molecule has 0 saturated carbocycles. The van der Waals surface area contributed by atoms with Gasteiger partial charge in [0.1, 0.15) is 0 Å². The first kappa shape index (κ1) is 24.5. The van der Waals surface area contributed by atoms with E-state index in [1.807, 2.05) is 0 Å². The number of hydrogen-bond donors (Lipinski definition) is 0. The first-order chi connectivity index (χ1) is 13.2. The minimum atomic E-state index is -0.00850. The summed E-state index contributed by atoms with van der Waals surface area (Å²) in [5.41, 5.74) is 0. The highest BCUT2D eigenvalue weighted by atomic mass is 16.6. The molecule has 0 aromatic heterocycles. The summed E-state index contributed by atoms with van der Waals surface area (Å²) in [6, 6.07) is 0. The summed E-state index contributed by atoms with van der Waals surface area (Å²) in [6.07, 6.45) is 20.6. The molecular formula is C24H46O3. The van der Waals surface area contributed by atoms with Gasteiger partial charge in [0.25, 0.3) is 0 Å². The van der Waals surface area contributed by atoms with Crippen molar-refractivity contribution >= 4 is 5.97 Å². The summed E-state index contributed by atoms with van der Waals surface area (Å²) in [6.45, 7) is 7.19. The van der Waals surface area contributed by atoms with E-state index in [1.165, 1.54) is 70.6 Å². The van der Waals surface area contributed by atoms with Crippen LogP contribution in [0.3, 0.4) is 0 Å². The summed E-state index contributed by atoms with van der Waals surface area (Å²) >= 11 is 0. The van der Waals surface area contributed by atoms with Crippen LogP contribution in [0.1, 0.15) is 124 Å². The third-order valence-corrected chi connectivity index (χ3v) is 6.03. The zero-order valence-corrected chi connectivity index (χ0v) is 18.5. The molecule has 0 amide bonds. The molecule has 2 atom stereocenters. The first-order valence-corrected chi connectivity index (χ1v) is 12.0. The molecule has 1 aliphatic rings. The molecule has 0 bridgehead atoms. The average Bonchev–Trinajstić information content (AvgIpc) is 3.42. The second-order valence-electron chi connectivity index (χ2n) is 8.44. The number of carbonyl (C=O) groups is 1. The van der Waals surface area contributed by atoms with Gasteiger partial charge in [-0.3, -0.25) is 4.79 Å². The SMILES string of the molecule is CCCCCCCCC1OC1CCCCCCCC(=O)OCC(CC)CC. The van der Waals surface area contributed by atoms with Crippen LogP contribution in [0.5, 0.6) is 0 Å². The summed E-state index contributed by atoms with van der Waals surface area (Å²) < 4.78 is 11.2. The first-order valence-electron chi connectivity index (χ1n) is 12.0. The van der Waals surface area contributed by atoms with Gasteiger partial charge >= 0.3 is 5.97 Å². The maximum absolute atomic E-state index is 11.7. The van der Waals surface area contributed by atoms with Crippen molar-refractivity contribution in [1.29, 1.82) is 0 Å². The van der Waals surface area contributed by atoms with Crippen molar-refractivity contribution in [2.45, 2.75) is 136 Å². The van der Waals surface area contributed by atoms with Crippen LogP contribution in [0.25, 0.3) is 0 Å². The Kier molecular flexibility index (Phi) is 14.9. The molecule has 1 aliphatic heterocycles. The standard InChI is InChI=1S/C24H46O3/c1-4-7-8-9-11-14-17-22-23(27-22)18-15-12-10-13-16-19-24(25)26-20-21(5-2)6-3/h21-23H,4-20H2,1-3H3. The van der Waals surface area contributed by atoms with Gasteiger partial charge in [-0.05, 0) is 25.2 Å². The van der Waals surface area contributed by atoms with E-state index in [0.29, 0.717) is 31.2 Å². The van der Waals surface area contributed by atoms with Crippen molar-refractivity contribution in [3.05, 3.63) is 0 Å². The highest BCUT2D eigenvalue weighted by Gasteiger charge is 2.36. The lowest BCUT2D eigenvalue weighted by Gasteiger charge is -2.12. The van der Waals surface area contributed by atoms with E-state index >= 15 is 0 Å². The Morgan fingerprint density at radius 2 is 1.30 bits per heavy atom. The molecule has 1 rings (SSSR count). The van der Waals surface area contributed by atoms with Crippen LogP contribution < -0.4 is 0 Å². The number of ether oxygens (including phenoxy) is 2. The number of esters is 1. The Labute approximate surface area is 169 Å². The fraction of sp³-hybridized carbons (Fsp3) is 0.958. The van der Waals surface area contributed by atoms with Gasteiger partial charge in [0.15, 0.2) is 0 Å². The van der Waals surface area contributed by atoms with Gasteiger partial charge < -0.3 is 9.47 Å². The van der Waals surface area contributed by atoms with E-state index in [-0.39, 0.29) is 5.97 Å². The molecule has 1 heterocycles. The molecule has 0 aromatic rings. The third kappa shape index (κ3) is 13.3. The summed E-state index contributed by atoms with van der Waals surface area (Å²) in [4.78, 5) is 11.7. The van der Waals surface area contributed by atoms with Crippen LogP contribution in [-0.4, -0.2) is 24.8 Å². The van der Waals surface area contributed by atoms with Gasteiger partial charge in [-0.1, -0.05) is 97.8 Å². The van der Waals surface area contributed by atoms with Crippen LogP contribution in [0.2, 0.25) is 0 Å². The molecule has 0 aliphatic carbocycles. The summed E-state index contributed by atoms with van der Waals surface area (Å²) in [5, 5.41) is 0. The highest BCUT2D eigenvalue weighted by Crippen LogP contribution is 2.31. The lowest BCUT2D eigenvalue weighted by Crippen LogP contribution is -2.12. The van der Waals surface area contributed by atoms with Crippen molar-refractivity contribution in [1.82, 2.24) is 0 Å². The zero-order chi connectivity index (χ0) is 19.7. The minimum absolute atomic E-state index is 0.00850. The normalized spacial score (nSPS) is 18.8. The number of carbonyl (C=O) groups excluding carboxylic acids is 1. The fourth-order valence-electron chi connectivity index (χ4n) is 3.77. The third-order valence-electron chi connectivity index (χ3n) is 6.03. The molecule has 0 radical (unpaired) electrons. The lowest BCUT2D eigenvalue weighted by atomic mass is 10.0. The largest absolute Gasteiger partial charge is 0.465 e. The molecule has 0 spiro atoms. The van der Waals surface area contributed by atoms with Crippen molar-refractivity contribution in [2.75, 3.05) is 6.61 Å². The molecule has 3 nitrogen and oxygen atoms in total. The second-order valence-corrected chi connectivity index (χ2v) is 8.44. The van der Waals surface area contributed by atoms with Gasteiger partial charge in [0, 0.05) is 6.42 Å². The number of epoxide rings is 1. The molecule has 2 unspecified atom stereocenters. The van der Waals surface area contributed by atoms with E-state index < -0.39 is 0 Å². The van der Waals surface area contributed by atoms with Crippen LogP contribution in [0.15, 0.2) is 0 Å². The Balaban J connectivity index is 1.81. The molecule has 160 valence electrons. The number of rotatable bonds is 19. The summed E-state index contributed by atoms with van der Waals surface area (Å²) in [7, 11) is 0. The van der Waals surface area contributed by atoms with E-state index in [1.54, 1.807) is 0 Å². The van der Waals surface area contributed by atoms with Gasteiger partial charge in [-0.15, -0.1) is 0 Å². The molecule has 0 N–H and O–H groups in total. The predicted molar refractivity (Wildman–Crippen MR) is 114 cm³/mol. The minimum Gasteiger partial charge on any atom is -0.465 e. The predicted octanol–water partition coefficient (Wildman–Crippen LogP) is 7.21. The molecule has 0 aromatic carbocycles. The number of unbranched alkanes of at least 4 members (excludes halogenated alkanes) is 9.